The van der Waals surface area contributed by atoms with Crippen molar-refractivity contribution in [3.63, 3.8) is 0 Å². The van der Waals surface area contributed by atoms with Gasteiger partial charge in [-0.05, 0) is 29.8 Å². The first-order valence-corrected chi connectivity index (χ1v) is 8.17. The largest absolute Gasteiger partial charge is 0.296 e. The molecular weight excluding hydrogens is 319 g/mol. The molecule has 2 aromatic carbocycles. The van der Waals surface area contributed by atoms with E-state index >= 15 is 0 Å². The zero-order chi connectivity index (χ0) is 16.4. The SMILES string of the molecule is NS(=O)(=O)Nc1ccc(-c2cnn(-c3ccccc3F)c2)cc1. The summed E-state index contributed by atoms with van der Waals surface area (Å²) in [6.07, 6.45) is 3.30. The summed E-state index contributed by atoms with van der Waals surface area (Å²) >= 11 is 0. The van der Waals surface area contributed by atoms with Crippen LogP contribution in [0.5, 0.6) is 0 Å². The van der Waals surface area contributed by atoms with Crippen LogP contribution in [0.4, 0.5) is 10.1 Å². The molecule has 0 saturated heterocycles. The number of nitrogens with two attached hydrogens (primary N) is 1. The average molecular weight is 332 g/mol. The maximum atomic E-state index is 13.8. The first-order valence-electron chi connectivity index (χ1n) is 6.63. The van der Waals surface area contributed by atoms with Crippen LogP contribution >= 0.6 is 0 Å². The Bertz CT molecular complexity index is 936. The molecule has 1 aromatic heterocycles. The van der Waals surface area contributed by atoms with E-state index in [1.54, 1.807) is 54.9 Å². The number of nitrogens with one attached hydrogen (secondary N) is 1. The summed E-state index contributed by atoms with van der Waals surface area (Å²) in [5, 5.41) is 9.06. The van der Waals surface area contributed by atoms with Crippen LogP contribution in [0.15, 0.2) is 60.9 Å². The smallest absolute Gasteiger partial charge is 0.271 e. The third kappa shape index (κ3) is 3.55. The number of halogens is 1. The fraction of sp³-hybridized carbons (Fsp3) is 0. The second-order valence-electron chi connectivity index (χ2n) is 4.85. The Kier molecular flexibility index (Phi) is 3.85. The molecular formula is C15H13FN4O2S. The average Bonchev–Trinajstić information content (AvgIpc) is 2.96. The summed E-state index contributed by atoms with van der Waals surface area (Å²) in [6, 6.07) is 12.9. The topological polar surface area (TPSA) is 90.0 Å². The monoisotopic (exact) mass is 332 g/mol. The van der Waals surface area contributed by atoms with Crippen LogP contribution in [0.3, 0.4) is 0 Å². The van der Waals surface area contributed by atoms with Gasteiger partial charge in [-0.15, -0.1) is 0 Å². The highest BCUT2D eigenvalue weighted by Crippen LogP contribution is 2.23. The fourth-order valence-corrected chi connectivity index (χ4v) is 2.60. The molecule has 3 aromatic rings. The Labute approximate surface area is 132 Å². The lowest BCUT2D eigenvalue weighted by Crippen LogP contribution is -2.21. The van der Waals surface area contributed by atoms with Crippen molar-refractivity contribution in [2.24, 2.45) is 5.14 Å². The summed E-state index contributed by atoms with van der Waals surface area (Å²) in [5.41, 5.74) is 2.30. The molecule has 0 amide bonds. The molecule has 3 N–H and O–H groups in total. The van der Waals surface area contributed by atoms with Crippen molar-refractivity contribution in [2.45, 2.75) is 0 Å². The van der Waals surface area contributed by atoms with E-state index in [-0.39, 0.29) is 5.82 Å². The van der Waals surface area contributed by atoms with E-state index in [4.69, 9.17) is 5.14 Å². The lowest BCUT2D eigenvalue weighted by molar-refractivity contribution is 0.603. The van der Waals surface area contributed by atoms with Crippen molar-refractivity contribution in [3.05, 3.63) is 66.7 Å². The van der Waals surface area contributed by atoms with E-state index < -0.39 is 10.2 Å². The van der Waals surface area contributed by atoms with Crippen LogP contribution in [0, 0.1) is 5.82 Å². The number of rotatable bonds is 4. The molecule has 3 rings (SSSR count). The van der Waals surface area contributed by atoms with E-state index in [2.05, 4.69) is 9.82 Å². The van der Waals surface area contributed by atoms with Gasteiger partial charge in [-0.25, -0.2) is 14.2 Å². The first-order chi connectivity index (χ1) is 10.9. The predicted octanol–water partition coefficient (Wildman–Crippen LogP) is 2.29. The van der Waals surface area contributed by atoms with Gasteiger partial charge in [0.05, 0.1) is 6.20 Å². The van der Waals surface area contributed by atoms with Gasteiger partial charge in [0.15, 0.2) is 0 Å². The van der Waals surface area contributed by atoms with Gasteiger partial charge in [0.1, 0.15) is 11.5 Å². The molecule has 8 heteroatoms. The Balaban J connectivity index is 1.88. The highest BCUT2D eigenvalue weighted by molar-refractivity contribution is 7.90. The number of nitrogens with zero attached hydrogens (tertiary/aromatic N) is 2. The maximum Gasteiger partial charge on any atom is 0.296 e. The Morgan fingerprint density at radius 1 is 1.04 bits per heavy atom. The van der Waals surface area contributed by atoms with Crippen molar-refractivity contribution in [3.8, 4) is 16.8 Å². The van der Waals surface area contributed by atoms with Crippen LogP contribution in [0.25, 0.3) is 16.8 Å². The van der Waals surface area contributed by atoms with Crippen molar-refractivity contribution in [1.82, 2.24) is 9.78 Å². The molecule has 0 aliphatic rings. The van der Waals surface area contributed by atoms with Crippen LogP contribution in [-0.4, -0.2) is 18.2 Å². The molecule has 0 spiro atoms. The van der Waals surface area contributed by atoms with Gasteiger partial charge in [0.25, 0.3) is 10.2 Å². The molecule has 0 bridgehead atoms. The van der Waals surface area contributed by atoms with Crippen molar-refractivity contribution in [1.29, 1.82) is 0 Å². The molecule has 0 aliphatic carbocycles. The Morgan fingerprint density at radius 2 is 1.74 bits per heavy atom. The summed E-state index contributed by atoms with van der Waals surface area (Å²) in [5.74, 6) is -0.366. The number of hydrogen-bond acceptors (Lipinski definition) is 3. The minimum atomic E-state index is -3.80. The molecule has 0 unspecified atom stereocenters. The second-order valence-corrected chi connectivity index (χ2v) is 6.14. The highest BCUT2D eigenvalue weighted by Gasteiger charge is 2.08. The Morgan fingerprint density at radius 3 is 2.39 bits per heavy atom. The van der Waals surface area contributed by atoms with Gasteiger partial charge >= 0.3 is 0 Å². The van der Waals surface area contributed by atoms with E-state index in [0.29, 0.717) is 11.4 Å². The zero-order valence-corrected chi connectivity index (χ0v) is 12.7. The van der Waals surface area contributed by atoms with Crippen molar-refractivity contribution >= 4 is 15.9 Å². The van der Waals surface area contributed by atoms with E-state index in [0.717, 1.165) is 11.1 Å². The van der Waals surface area contributed by atoms with Crippen LogP contribution in [0.2, 0.25) is 0 Å². The van der Waals surface area contributed by atoms with Gasteiger partial charge < -0.3 is 0 Å². The van der Waals surface area contributed by atoms with Crippen LogP contribution in [0.1, 0.15) is 0 Å². The standard InChI is InChI=1S/C15H13FN4O2S/c16-14-3-1-2-4-15(14)20-10-12(9-18-20)11-5-7-13(8-6-11)19-23(17,21)22/h1-10,19H,(H2,17,21,22). The van der Waals surface area contributed by atoms with E-state index in [9.17, 15) is 12.8 Å². The lowest BCUT2D eigenvalue weighted by Gasteiger charge is -2.04. The predicted molar refractivity (Wildman–Crippen MR) is 85.7 cm³/mol. The molecule has 118 valence electrons. The minimum Gasteiger partial charge on any atom is -0.271 e. The maximum absolute atomic E-state index is 13.8. The highest BCUT2D eigenvalue weighted by atomic mass is 32.2. The van der Waals surface area contributed by atoms with Gasteiger partial charge in [0.2, 0.25) is 0 Å². The first kappa shape index (κ1) is 15.2. The normalized spacial score (nSPS) is 11.4. The van der Waals surface area contributed by atoms with Crippen LogP contribution in [-0.2, 0) is 10.2 Å². The molecule has 0 saturated carbocycles. The van der Waals surface area contributed by atoms with Gasteiger partial charge in [-0.3, -0.25) is 4.72 Å². The third-order valence-electron chi connectivity index (χ3n) is 3.16. The molecule has 6 nitrogen and oxygen atoms in total. The molecule has 23 heavy (non-hydrogen) atoms. The number of anilines is 1. The zero-order valence-electron chi connectivity index (χ0n) is 11.8. The number of aromatic nitrogens is 2. The number of para-hydroxylation sites is 1. The lowest BCUT2D eigenvalue weighted by atomic mass is 10.1. The van der Waals surface area contributed by atoms with Gasteiger partial charge in [-0.2, -0.15) is 13.5 Å². The minimum absolute atomic E-state index is 0.353. The second kappa shape index (κ2) is 5.82. The van der Waals surface area contributed by atoms with E-state index in [1.165, 1.54) is 10.7 Å². The molecule has 0 atom stereocenters. The van der Waals surface area contributed by atoms with Gasteiger partial charge in [-0.1, -0.05) is 24.3 Å². The summed E-state index contributed by atoms with van der Waals surface area (Å²) in [7, 11) is -3.80. The Hall–Kier alpha value is -2.71. The summed E-state index contributed by atoms with van der Waals surface area (Å²) in [4.78, 5) is 0. The van der Waals surface area contributed by atoms with Crippen molar-refractivity contribution in [2.75, 3.05) is 4.72 Å². The number of benzene rings is 2. The van der Waals surface area contributed by atoms with Gasteiger partial charge in [0, 0.05) is 17.4 Å². The molecule has 1 heterocycles. The molecule has 0 aliphatic heterocycles. The molecule has 0 fully saturated rings. The van der Waals surface area contributed by atoms with E-state index in [1.807, 2.05) is 0 Å². The quantitative estimate of drug-likeness (QED) is 0.768. The van der Waals surface area contributed by atoms with Crippen molar-refractivity contribution < 1.29 is 12.8 Å². The molecule has 0 radical (unpaired) electrons. The number of hydrogen-bond donors (Lipinski definition) is 2. The third-order valence-corrected chi connectivity index (χ3v) is 3.68. The fourth-order valence-electron chi connectivity index (χ4n) is 2.14. The summed E-state index contributed by atoms with van der Waals surface area (Å²) < 4.78 is 39.3. The summed E-state index contributed by atoms with van der Waals surface area (Å²) in [6.45, 7) is 0. The van der Waals surface area contributed by atoms with Crippen LogP contribution < -0.4 is 9.86 Å².